The SMILES string of the molecule is CC(C)(C)Sc1cccc([N+](=O)[O-])c1. The van der Waals surface area contributed by atoms with Crippen molar-refractivity contribution in [2.24, 2.45) is 0 Å². The second-order valence-electron chi connectivity index (χ2n) is 3.97. The summed E-state index contributed by atoms with van der Waals surface area (Å²) in [6.07, 6.45) is 0. The Morgan fingerprint density at radius 2 is 2.00 bits per heavy atom. The molecule has 0 saturated carbocycles. The third kappa shape index (κ3) is 3.38. The van der Waals surface area contributed by atoms with E-state index in [0.29, 0.717) is 0 Å². The van der Waals surface area contributed by atoms with Gasteiger partial charge in [-0.2, -0.15) is 0 Å². The lowest BCUT2D eigenvalue weighted by Gasteiger charge is -2.16. The summed E-state index contributed by atoms with van der Waals surface area (Å²) >= 11 is 1.63. The molecule has 76 valence electrons. The zero-order chi connectivity index (χ0) is 10.8. The van der Waals surface area contributed by atoms with Crippen molar-refractivity contribution in [1.82, 2.24) is 0 Å². The van der Waals surface area contributed by atoms with Crippen LogP contribution in [0.25, 0.3) is 0 Å². The standard InChI is InChI=1S/C10H13NO2S/c1-10(2,3)14-9-6-4-5-8(7-9)11(12)13/h4-7H,1-3H3. The van der Waals surface area contributed by atoms with E-state index in [1.54, 1.807) is 23.9 Å². The van der Waals surface area contributed by atoms with Crippen LogP contribution in [0.1, 0.15) is 20.8 Å². The second kappa shape index (κ2) is 4.00. The van der Waals surface area contributed by atoms with Crippen molar-refractivity contribution < 1.29 is 4.92 Å². The van der Waals surface area contributed by atoms with Crippen LogP contribution in [-0.2, 0) is 0 Å². The van der Waals surface area contributed by atoms with Gasteiger partial charge in [0.25, 0.3) is 5.69 Å². The Bertz CT molecular complexity index is 344. The molecule has 0 aliphatic rings. The molecule has 0 spiro atoms. The van der Waals surface area contributed by atoms with E-state index >= 15 is 0 Å². The minimum atomic E-state index is -0.368. The van der Waals surface area contributed by atoms with Gasteiger partial charge in [-0.25, -0.2) is 0 Å². The van der Waals surface area contributed by atoms with Crippen LogP contribution < -0.4 is 0 Å². The first-order chi connectivity index (χ1) is 6.38. The Morgan fingerprint density at radius 3 is 2.50 bits per heavy atom. The number of nitro benzene ring substituents is 1. The molecule has 0 aliphatic heterocycles. The number of hydrogen-bond acceptors (Lipinski definition) is 3. The maximum Gasteiger partial charge on any atom is 0.270 e. The maximum atomic E-state index is 10.5. The van der Waals surface area contributed by atoms with Gasteiger partial charge < -0.3 is 0 Å². The summed E-state index contributed by atoms with van der Waals surface area (Å²) in [5.41, 5.74) is 0.152. The molecular formula is C10H13NO2S. The van der Waals surface area contributed by atoms with Gasteiger partial charge in [0.15, 0.2) is 0 Å². The van der Waals surface area contributed by atoms with Crippen molar-refractivity contribution in [3.8, 4) is 0 Å². The fourth-order valence-corrected chi connectivity index (χ4v) is 2.05. The molecule has 3 nitrogen and oxygen atoms in total. The molecule has 4 heteroatoms. The summed E-state index contributed by atoms with van der Waals surface area (Å²) in [5, 5.41) is 10.5. The molecule has 14 heavy (non-hydrogen) atoms. The molecule has 0 bridgehead atoms. The van der Waals surface area contributed by atoms with E-state index in [1.807, 2.05) is 6.07 Å². The fraction of sp³-hybridized carbons (Fsp3) is 0.400. The van der Waals surface area contributed by atoms with Crippen molar-refractivity contribution in [1.29, 1.82) is 0 Å². The molecule has 1 rings (SSSR count). The van der Waals surface area contributed by atoms with Gasteiger partial charge in [-0.3, -0.25) is 10.1 Å². The zero-order valence-corrected chi connectivity index (χ0v) is 9.30. The van der Waals surface area contributed by atoms with Crippen LogP contribution in [0.4, 0.5) is 5.69 Å². The minimum Gasteiger partial charge on any atom is -0.258 e. The quantitative estimate of drug-likeness (QED) is 0.427. The number of nitrogens with zero attached hydrogens (tertiary/aromatic N) is 1. The molecule has 0 heterocycles. The molecule has 0 amide bonds. The van der Waals surface area contributed by atoms with E-state index in [9.17, 15) is 10.1 Å². The molecule has 0 aromatic heterocycles. The minimum absolute atomic E-state index is 0.0786. The third-order valence-electron chi connectivity index (χ3n) is 1.45. The number of hydrogen-bond donors (Lipinski definition) is 0. The Balaban J connectivity index is 2.89. The van der Waals surface area contributed by atoms with Gasteiger partial charge in [0, 0.05) is 21.8 Å². The van der Waals surface area contributed by atoms with E-state index in [-0.39, 0.29) is 15.4 Å². The van der Waals surface area contributed by atoms with Crippen LogP contribution in [0.3, 0.4) is 0 Å². The molecule has 0 atom stereocenters. The van der Waals surface area contributed by atoms with Crippen LogP contribution in [-0.4, -0.2) is 9.67 Å². The highest BCUT2D eigenvalue weighted by molar-refractivity contribution is 8.00. The molecule has 0 saturated heterocycles. The van der Waals surface area contributed by atoms with Gasteiger partial charge in [0.05, 0.1) is 4.92 Å². The van der Waals surface area contributed by atoms with Crippen molar-refractivity contribution in [2.75, 3.05) is 0 Å². The summed E-state index contributed by atoms with van der Waals surface area (Å²) in [7, 11) is 0. The van der Waals surface area contributed by atoms with Gasteiger partial charge in [0.2, 0.25) is 0 Å². The van der Waals surface area contributed by atoms with Crippen LogP contribution in [0.15, 0.2) is 29.2 Å². The Hall–Kier alpha value is -1.03. The zero-order valence-electron chi connectivity index (χ0n) is 8.48. The maximum absolute atomic E-state index is 10.5. The first kappa shape index (κ1) is 11.0. The largest absolute Gasteiger partial charge is 0.270 e. The molecular weight excluding hydrogens is 198 g/mol. The predicted molar refractivity (Wildman–Crippen MR) is 58.7 cm³/mol. The number of nitro groups is 1. The molecule has 0 aliphatic carbocycles. The van der Waals surface area contributed by atoms with Crippen molar-refractivity contribution in [3.05, 3.63) is 34.4 Å². The van der Waals surface area contributed by atoms with Gasteiger partial charge in [-0.15, -0.1) is 11.8 Å². The van der Waals surface area contributed by atoms with Crippen molar-refractivity contribution >= 4 is 17.4 Å². The van der Waals surface area contributed by atoms with E-state index in [1.165, 1.54) is 6.07 Å². The Labute approximate surface area is 87.7 Å². The molecule has 1 aromatic carbocycles. The van der Waals surface area contributed by atoms with E-state index in [4.69, 9.17) is 0 Å². The van der Waals surface area contributed by atoms with E-state index < -0.39 is 0 Å². The lowest BCUT2D eigenvalue weighted by atomic mass is 10.3. The lowest BCUT2D eigenvalue weighted by molar-refractivity contribution is -0.385. The topological polar surface area (TPSA) is 43.1 Å². The fourth-order valence-electron chi connectivity index (χ4n) is 1.01. The van der Waals surface area contributed by atoms with E-state index in [0.717, 1.165) is 4.90 Å². The van der Waals surface area contributed by atoms with Gasteiger partial charge in [-0.05, 0) is 6.07 Å². The Morgan fingerprint density at radius 1 is 1.36 bits per heavy atom. The first-order valence-corrected chi connectivity index (χ1v) is 5.13. The van der Waals surface area contributed by atoms with Crippen LogP contribution in [0.2, 0.25) is 0 Å². The van der Waals surface area contributed by atoms with Crippen LogP contribution in [0.5, 0.6) is 0 Å². The average Bonchev–Trinajstić information content (AvgIpc) is 2.01. The first-order valence-electron chi connectivity index (χ1n) is 4.32. The highest BCUT2D eigenvalue weighted by atomic mass is 32.2. The number of benzene rings is 1. The summed E-state index contributed by atoms with van der Waals surface area (Å²) in [5.74, 6) is 0. The van der Waals surface area contributed by atoms with Crippen LogP contribution >= 0.6 is 11.8 Å². The summed E-state index contributed by atoms with van der Waals surface area (Å²) in [6, 6.07) is 6.72. The molecule has 0 unspecified atom stereocenters. The highest BCUT2D eigenvalue weighted by Crippen LogP contribution is 2.33. The smallest absolute Gasteiger partial charge is 0.258 e. The van der Waals surface area contributed by atoms with Crippen LogP contribution in [0, 0.1) is 10.1 Å². The monoisotopic (exact) mass is 211 g/mol. The third-order valence-corrected chi connectivity index (χ3v) is 2.55. The van der Waals surface area contributed by atoms with Gasteiger partial charge in [-0.1, -0.05) is 26.8 Å². The summed E-state index contributed by atoms with van der Waals surface area (Å²) < 4.78 is 0.0786. The van der Waals surface area contributed by atoms with Crippen molar-refractivity contribution in [3.63, 3.8) is 0 Å². The predicted octanol–water partition coefficient (Wildman–Crippen LogP) is 3.49. The molecule has 0 fully saturated rings. The van der Waals surface area contributed by atoms with E-state index in [2.05, 4.69) is 20.8 Å². The van der Waals surface area contributed by atoms with Crippen molar-refractivity contribution in [2.45, 2.75) is 30.4 Å². The average molecular weight is 211 g/mol. The molecule has 1 aromatic rings. The van der Waals surface area contributed by atoms with Gasteiger partial charge in [0.1, 0.15) is 0 Å². The van der Waals surface area contributed by atoms with Gasteiger partial charge >= 0.3 is 0 Å². The normalized spacial score (nSPS) is 11.4. The second-order valence-corrected chi connectivity index (χ2v) is 5.87. The molecule has 0 radical (unpaired) electrons. The molecule has 0 N–H and O–H groups in total. The number of thioether (sulfide) groups is 1. The highest BCUT2D eigenvalue weighted by Gasteiger charge is 2.14. The lowest BCUT2D eigenvalue weighted by Crippen LogP contribution is -2.06. The Kier molecular flexibility index (Phi) is 3.16. The number of rotatable bonds is 2. The summed E-state index contributed by atoms with van der Waals surface area (Å²) in [4.78, 5) is 11.1. The summed E-state index contributed by atoms with van der Waals surface area (Å²) in [6.45, 7) is 6.24. The number of non-ortho nitro benzene ring substituents is 1.